The lowest BCUT2D eigenvalue weighted by molar-refractivity contribution is -0.385. The molecule has 1 aromatic carbocycles. The Kier molecular flexibility index (Phi) is 7.97. The molecule has 1 aromatic rings. The van der Waals surface area contributed by atoms with E-state index in [0.717, 1.165) is 0 Å². The zero-order chi connectivity index (χ0) is 21.6. The van der Waals surface area contributed by atoms with Crippen molar-refractivity contribution in [3.63, 3.8) is 0 Å². The van der Waals surface area contributed by atoms with Crippen LogP contribution in [-0.4, -0.2) is 39.6 Å². The minimum atomic E-state index is -1.04. The smallest absolute Gasteiger partial charge is 0.329 e. The predicted octanol–water partition coefficient (Wildman–Crippen LogP) is 2.17. The highest BCUT2D eigenvalue weighted by Crippen LogP contribution is 2.24. The maximum atomic E-state index is 12.3. The standard InChI is InChI=1S/C18H20BrN3O7/c19-10-12-6-5-11(9-14(12)22(27)28)15(23)4-2-1-3-13(20)18(26)29-21-16(24)7-8-17(21)25/h5-6,9,13H,1-4,7-8,10,20H2. The molecular formula is C18H20BrN3O7. The second-order valence-corrected chi connectivity index (χ2v) is 7.06. The van der Waals surface area contributed by atoms with Crippen molar-refractivity contribution in [3.8, 4) is 0 Å². The maximum Gasteiger partial charge on any atom is 0.349 e. The largest absolute Gasteiger partial charge is 0.349 e. The Bertz CT molecular complexity index is 827. The van der Waals surface area contributed by atoms with Crippen LogP contribution in [-0.2, 0) is 24.6 Å². The SMILES string of the molecule is NC(CCCCC(=O)c1ccc(CBr)c([N+](=O)[O-])c1)C(=O)ON1C(=O)CCC1=O. The van der Waals surface area contributed by atoms with Crippen LogP contribution in [0.3, 0.4) is 0 Å². The van der Waals surface area contributed by atoms with Gasteiger partial charge in [0.25, 0.3) is 17.5 Å². The number of nitrogens with zero attached hydrogens (tertiary/aromatic N) is 2. The fourth-order valence-corrected chi connectivity index (χ4v) is 3.22. The lowest BCUT2D eigenvalue weighted by Crippen LogP contribution is -2.40. The number of alkyl halides is 1. The molecule has 2 N–H and O–H groups in total. The third-order valence-corrected chi connectivity index (χ3v) is 5.01. The average molecular weight is 470 g/mol. The van der Waals surface area contributed by atoms with E-state index < -0.39 is 28.7 Å². The van der Waals surface area contributed by atoms with Gasteiger partial charge < -0.3 is 10.6 Å². The van der Waals surface area contributed by atoms with E-state index in [4.69, 9.17) is 10.6 Å². The minimum Gasteiger partial charge on any atom is -0.329 e. The van der Waals surface area contributed by atoms with E-state index in [1.165, 1.54) is 12.1 Å². The van der Waals surface area contributed by atoms with Gasteiger partial charge in [-0.25, -0.2) is 4.79 Å². The molecule has 0 radical (unpaired) electrons. The van der Waals surface area contributed by atoms with Gasteiger partial charge >= 0.3 is 5.97 Å². The first-order chi connectivity index (χ1) is 13.7. The molecule has 1 saturated heterocycles. The summed E-state index contributed by atoms with van der Waals surface area (Å²) in [4.78, 5) is 62.3. The van der Waals surface area contributed by atoms with Crippen LogP contribution < -0.4 is 5.73 Å². The lowest BCUT2D eigenvalue weighted by atomic mass is 10.0. The third-order valence-electron chi connectivity index (χ3n) is 4.41. The Morgan fingerprint density at radius 2 is 1.90 bits per heavy atom. The molecule has 0 bridgehead atoms. The van der Waals surface area contributed by atoms with Crippen LogP contribution in [0.5, 0.6) is 0 Å². The normalized spacial score (nSPS) is 14.8. The third kappa shape index (κ3) is 5.91. The van der Waals surface area contributed by atoms with Gasteiger partial charge in [0.1, 0.15) is 6.04 Å². The number of nitro benzene ring substituents is 1. The van der Waals surface area contributed by atoms with Crippen molar-refractivity contribution >= 4 is 45.2 Å². The highest BCUT2D eigenvalue weighted by atomic mass is 79.9. The van der Waals surface area contributed by atoms with Gasteiger partial charge in [-0.15, -0.1) is 5.06 Å². The fraction of sp³-hybridized carbons (Fsp3) is 0.444. The summed E-state index contributed by atoms with van der Waals surface area (Å²) in [5, 5.41) is 11.8. The molecule has 0 aromatic heterocycles. The Hall–Kier alpha value is -2.66. The monoisotopic (exact) mass is 469 g/mol. The van der Waals surface area contributed by atoms with Crippen molar-refractivity contribution in [3.05, 3.63) is 39.4 Å². The summed E-state index contributed by atoms with van der Waals surface area (Å²) in [6.45, 7) is 0. The Labute approximate surface area is 174 Å². The Balaban J connectivity index is 1.79. The molecule has 11 heteroatoms. The van der Waals surface area contributed by atoms with Crippen molar-refractivity contribution in [2.75, 3.05) is 0 Å². The van der Waals surface area contributed by atoms with Crippen LogP contribution in [0.4, 0.5) is 5.69 Å². The molecule has 1 unspecified atom stereocenters. The fourth-order valence-electron chi connectivity index (χ4n) is 2.75. The van der Waals surface area contributed by atoms with E-state index in [1.807, 2.05) is 0 Å². The van der Waals surface area contributed by atoms with Crippen LogP contribution >= 0.6 is 15.9 Å². The number of hydrogen-bond acceptors (Lipinski definition) is 8. The molecule has 0 spiro atoms. The highest BCUT2D eigenvalue weighted by molar-refractivity contribution is 9.08. The minimum absolute atomic E-state index is 0.00174. The molecule has 0 saturated carbocycles. The van der Waals surface area contributed by atoms with E-state index in [1.54, 1.807) is 6.07 Å². The second kappa shape index (κ2) is 10.2. The molecule has 156 valence electrons. The molecule has 1 atom stereocenters. The van der Waals surface area contributed by atoms with Crippen LogP contribution in [0, 0.1) is 10.1 Å². The van der Waals surface area contributed by atoms with E-state index in [9.17, 15) is 29.3 Å². The van der Waals surface area contributed by atoms with Gasteiger partial charge in [0.15, 0.2) is 5.78 Å². The number of hydrogen-bond donors (Lipinski definition) is 1. The number of imide groups is 1. The van der Waals surface area contributed by atoms with E-state index in [-0.39, 0.29) is 42.7 Å². The molecule has 1 fully saturated rings. The second-order valence-electron chi connectivity index (χ2n) is 6.50. The number of carbonyl (C=O) groups is 4. The van der Waals surface area contributed by atoms with Gasteiger partial charge in [-0.1, -0.05) is 34.5 Å². The van der Waals surface area contributed by atoms with Crippen LogP contribution in [0.1, 0.15) is 54.4 Å². The summed E-state index contributed by atoms with van der Waals surface area (Å²) in [5.41, 5.74) is 6.31. The molecule has 10 nitrogen and oxygen atoms in total. The van der Waals surface area contributed by atoms with E-state index >= 15 is 0 Å². The predicted molar refractivity (Wildman–Crippen MR) is 104 cm³/mol. The number of amides is 2. The first kappa shape index (κ1) is 22.6. The lowest BCUT2D eigenvalue weighted by Gasteiger charge is -2.16. The number of carbonyl (C=O) groups excluding carboxylic acids is 4. The molecule has 1 aliphatic heterocycles. The quantitative estimate of drug-likeness (QED) is 0.137. The van der Waals surface area contributed by atoms with Crippen molar-refractivity contribution in [2.24, 2.45) is 5.73 Å². The summed E-state index contributed by atoms with van der Waals surface area (Å²) >= 11 is 3.17. The van der Waals surface area contributed by atoms with Crippen LogP contribution in [0.15, 0.2) is 18.2 Å². The van der Waals surface area contributed by atoms with Crippen molar-refractivity contribution in [2.45, 2.75) is 49.9 Å². The molecule has 1 heterocycles. The van der Waals surface area contributed by atoms with Gasteiger partial charge in [0.05, 0.1) is 4.92 Å². The molecule has 29 heavy (non-hydrogen) atoms. The number of benzene rings is 1. The van der Waals surface area contributed by atoms with Gasteiger partial charge in [-0.05, 0) is 12.8 Å². The Morgan fingerprint density at radius 1 is 1.24 bits per heavy atom. The maximum absolute atomic E-state index is 12.3. The first-order valence-corrected chi connectivity index (χ1v) is 10.1. The molecule has 0 aliphatic carbocycles. The van der Waals surface area contributed by atoms with Gasteiger partial charge in [0.2, 0.25) is 0 Å². The van der Waals surface area contributed by atoms with Gasteiger partial charge in [-0.3, -0.25) is 24.5 Å². The van der Waals surface area contributed by atoms with Gasteiger partial charge in [0, 0.05) is 41.8 Å². The molecule has 2 rings (SSSR count). The molecule has 1 aliphatic rings. The van der Waals surface area contributed by atoms with Crippen molar-refractivity contribution < 1.29 is 28.9 Å². The number of unbranched alkanes of at least 4 members (excludes halogenated alkanes) is 1. The summed E-state index contributed by atoms with van der Waals surface area (Å²) in [6, 6.07) is 3.30. The van der Waals surface area contributed by atoms with Crippen LogP contribution in [0.25, 0.3) is 0 Å². The molecule has 2 amide bonds. The highest BCUT2D eigenvalue weighted by Gasteiger charge is 2.34. The Morgan fingerprint density at radius 3 is 2.48 bits per heavy atom. The van der Waals surface area contributed by atoms with Crippen LogP contribution in [0.2, 0.25) is 0 Å². The van der Waals surface area contributed by atoms with Crippen molar-refractivity contribution in [1.82, 2.24) is 5.06 Å². The number of ketones is 1. The summed E-state index contributed by atoms with van der Waals surface area (Å²) < 4.78 is 0. The summed E-state index contributed by atoms with van der Waals surface area (Å²) in [7, 11) is 0. The zero-order valence-electron chi connectivity index (χ0n) is 15.5. The van der Waals surface area contributed by atoms with E-state index in [0.29, 0.717) is 28.8 Å². The van der Waals surface area contributed by atoms with E-state index in [2.05, 4.69) is 15.9 Å². The number of nitro groups is 1. The molecular weight excluding hydrogens is 450 g/mol. The average Bonchev–Trinajstić information content (AvgIpc) is 3.02. The number of hydroxylamine groups is 2. The first-order valence-electron chi connectivity index (χ1n) is 8.94. The number of rotatable bonds is 10. The number of halogens is 1. The topological polar surface area (TPSA) is 150 Å². The van der Waals surface area contributed by atoms with Gasteiger partial charge in [-0.2, -0.15) is 0 Å². The number of Topliss-reactive ketones (excluding diaryl/α,β-unsaturated/α-hetero) is 1. The summed E-state index contributed by atoms with van der Waals surface area (Å²) in [5.74, 6) is -2.30. The summed E-state index contributed by atoms with van der Waals surface area (Å²) in [6.07, 6.45) is 1.16. The zero-order valence-corrected chi connectivity index (χ0v) is 17.1. The van der Waals surface area contributed by atoms with Crippen molar-refractivity contribution in [1.29, 1.82) is 0 Å². The number of nitrogens with two attached hydrogens (primary N) is 1.